The molecule has 1 saturated heterocycles. The van der Waals surface area contributed by atoms with Crippen molar-refractivity contribution in [3.63, 3.8) is 0 Å². The van der Waals surface area contributed by atoms with Gasteiger partial charge in [0.15, 0.2) is 5.96 Å². The third-order valence-corrected chi connectivity index (χ3v) is 5.33. The molecule has 3 rings (SSSR count). The predicted molar refractivity (Wildman–Crippen MR) is 101 cm³/mol. The van der Waals surface area contributed by atoms with Gasteiger partial charge in [-0.1, -0.05) is 12.8 Å². The Morgan fingerprint density at radius 3 is 2.88 bits per heavy atom. The van der Waals surface area contributed by atoms with Gasteiger partial charge in [0.2, 0.25) is 0 Å². The van der Waals surface area contributed by atoms with E-state index in [1.54, 1.807) is 6.07 Å². The van der Waals surface area contributed by atoms with E-state index in [0.29, 0.717) is 23.1 Å². The highest BCUT2D eigenvalue weighted by Gasteiger charge is 2.30. The molecule has 1 unspecified atom stereocenters. The first-order chi connectivity index (χ1) is 12.7. The van der Waals surface area contributed by atoms with Gasteiger partial charge in [-0.2, -0.15) is 5.26 Å². The van der Waals surface area contributed by atoms with Crippen molar-refractivity contribution in [3.05, 3.63) is 35.1 Å². The first-order valence-corrected chi connectivity index (χ1v) is 9.67. The Hall–Kier alpha value is -2.13. The number of benzene rings is 1. The second kappa shape index (κ2) is 9.00. The van der Waals surface area contributed by atoms with Crippen molar-refractivity contribution in [2.24, 2.45) is 4.99 Å². The molecule has 6 heteroatoms. The number of halogens is 1. The monoisotopic (exact) mass is 357 g/mol. The molecule has 1 aromatic carbocycles. The van der Waals surface area contributed by atoms with Gasteiger partial charge in [0.25, 0.3) is 0 Å². The molecule has 1 heterocycles. The van der Waals surface area contributed by atoms with E-state index in [1.807, 2.05) is 13.0 Å². The van der Waals surface area contributed by atoms with E-state index in [4.69, 9.17) is 5.26 Å². The lowest BCUT2D eigenvalue weighted by Gasteiger charge is -2.24. The van der Waals surface area contributed by atoms with Crippen molar-refractivity contribution in [2.75, 3.05) is 19.6 Å². The highest BCUT2D eigenvalue weighted by molar-refractivity contribution is 5.80. The molecule has 0 amide bonds. The number of hydrogen-bond donors (Lipinski definition) is 2. The van der Waals surface area contributed by atoms with E-state index in [9.17, 15) is 4.39 Å². The van der Waals surface area contributed by atoms with Crippen molar-refractivity contribution < 1.29 is 4.39 Å². The minimum atomic E-state index is -0.322. The summed E-state index contributed by atoms with van der Waals surface area (Å²) >= 11 is 0. The third-order valence-electron chi connectivity index (χ3n) is 5.33. The molecule has 26 heavy (non-hydrogen) atoms. The Labute approximate surface area is 155 Å². The lowest BCUT2D eigenvalue weighted by atomic mass is 10.1. The minimum Gasteiger partial charge on any atom is -0.357 e. The van der Waals surface area contributed by atoms with Crippen LogP contribution in [0.15, 0.2) is 23.2 Å². The van der Waals surface area contributed by atoms with Gasteiger partial charge in [-0.15, -0.1) is 0 Å². The van der Waals surface area contributed by atoms with E-state index in [1.165, 1.54) is 37.8 Å². The molecule has 1 aromatic rings. The maximum Gasteiger partial charge on any atom is 0.191 e. The van der Waals surface area contributed by atoms with Crippen molar-refractivity contribution in [1.29, 1.82) is 5.26 Å². The average Bonchev–Trinajstić information content (AvgIpc) is 3.32. The largest absolute Gasteiger partial charge is 0.357 e. The molecule has 140 valence electrons. The number of nitriles is 1. The van der Waals surface area contributed by atoms with Gasteiger partial charge >= 0.3 is 0 Å². The zero-order chi connectivity index (χ0) is 18.4. The molecule has 1 aliphatic heterocycles. The number of guanidine groups is 1. The Morgan fingerprint density at radius 1 is 1.35 bits per heavy atom. The van der Waals surface area contributed by atoms with Crippen LogP contribution in [0.25, 0.3) is 0 Å². The second-order valence-corrected chi connectivity index (χ2v) is 7.18. The topological polar surface area (TPSA) is 63.5 Å². The maximum atomic E-state index is 13.9. The Balaban J connectivity index is 1.60. The molecule has 0 bridgehead atoms. The van der Waals surface area contributed by atoms with Crippen LogP contribution in [0, 0.1) is 17.1 Å². The zero-order valence-electron chi connectivity index (χ0n) is 15.5. The SMILES string of the molecule is CCNC(=NCc1cc(C#N)ccc1F)NC1CCN(C2CCCC2)C1. The Kier molecular flexibility index (Phi) is 6.45. The smallest absolute Gasteiger partial charge is 0.191 e. The molecule has 0 aromatic heterocycles. The van der Waals surface area contributed by atoms with Gasteiger partial charge in [0, 0.05) is 37.3 Å². The fraction of sp³-hybridized carbons (Fsp3) is 0.600. The van der Waals surface area contributed by atoms with Gasteiger partial charge < -0.3 is 10.6 Å². The highest BCUT2D eigenvalue weighted by Crippen LogP contribution is 2.26. The molecule has 1 saturated carbocycles. The molecule has 0 radical (unpaired) electrons. The summed E-state index contributed by atoms with van der Waals surface area (Å²) in [7, 11) is 0. The van der Waals surface area contributed by atoms with Crippen LogP contribution in [-0.4, -0.2) is 42.6 Å². The lowest BCUT2D eigenvalue weighted by molar-refractivity contribution is 0.242. The predicted octanol–water partition coefficient (Wildman–Crippen LogP) is 2.77. The van der Waals surface area contributed by atoms with Gasteiger partial charge in [-0.05, 0) is 44.4 Å². The van der Waals surface area contributed by atoms with E-state index in [0.717, 1.165) is 32.1 Å². The van der Waals surface area contributed by atoms with E-state index in [-0.39, 0.29) is 12.4 Å². The van der Waals surface area contributed by atoms with E-state index >= 15 is 0 Å². The first-order valence-electron chi connectivity index (χ1n) is 9.67. The third kappa shape index (κ3) is 4.73. The molecule has 2 fully saturated rings. The second-order valence-electron chi connectivity index (χ2n) is 7.18. The summed E-state index contributed by atoms with van der Waals surface area (Å²) in [6.07, 6.45) is 6.48. The number of nitrogens with one attached hydrogen (secondary N) is 2. The minimum absolute atomic E-state index is 0.218. The van der Waals surface area contributed by atoms with Crippen LogP contribution in [-0.2, 0) is 6.54 Å². The number of nitrogens with zero attached hydrogens (tertiary/aromatic N) is 3. The van der Waals surface area contributed by atoms with Crippen LogP contribution >= 0.6 is 0 Å². The van der Waals surface area contributed by atoms with Gasteiger partial charge in [-0.25, -0.2) is 9.38 Å². The molecule has 1 atom stereocenters. The molecule has 5 nitrogen and oxygen atoms in total. The molecule has 0 spiro atoms. The molecule has 1 aliphatic carbocycles. The summed E-state index contributed by atoms with van der Waals surface area (Å²) in [4.78, 5) is 7.13. The average molecular weight is 357 g/mol. The Bertz CT molecular complexity index is 675. The number of rotatable bonds is 5. The van der Waals surface area contributed by atoms with Crippen molar-refractivity contribution in [2.45, 2.75) is 57.7 Å². The van der Waals surface area contributed by atoms with Crippen LogP contribution in [0.2, 0.25) is 0 Å². The van der Waals surface area contributed by atoms with Crippen LogP contribution in [0.5, 0.6) is 0 Å². The van der Waals surface area contributed by atoms with Crippen LogP contribution in [0.3, 0.4) is 0 Å². The summed E-state index contributed by atoms with van der Waals surface area (Å²) in [5.41, 5.74) is 0.901. The van der Waals surface area contributed by atoms with Gasteiger partial charge in [0.1, 0.15) is 5.82 Å². The molecule has 2 N–H and O–H groups in total. The molecule has 2 aliphatic rings. The lowest BCUT2D eigenvalue weighted by Crippen LogP contribution is -2.45. The number of hydrogen-bond acceptors (Lipinski definition) is 3. The van der Waals surface area contributed by atoms with Crippen LogP contribution in [0.4, 0.5) is 4.39 Å². The van der Waals surface area contributed by atoms with E-state index in [2.05, 4.69) is 20.5 Å². The number of aliphatic imine (C=N–C) groups is 1. The standard InChI is InChI=1S/C20H28FN5/c1-2-23-20(24-13-16-11-15(12-22)7-8-19(16)21)25-17-9-10-26(14-17)18-5-3-4-6-18/h7-8,11,17-18H,2-6,9-10,13-14H2,1H3,(H2,23,24,25). The van der Waals surface area contributed by atoms with Gasteiger partial charge in [-0.3, -0.25) is 4.90 Å². The normalized spacial score (nSPS) is 21.7. The van der Waals surface area contributed by atoms with Crippen molar-refractivity contribution in [3.8, 4) is 6.07 Å². The summed E-state index contributed by atoms with van der Waals surface area (Å²) in [5.74, 6) is 0.393. The van der Waals surface area contributed by atoms with Crippen LogP contribution < -0.4 is 10.6 Å². The van der Waals surface area contributed by atoms with E-state index < -0.39 is 0 Å². The quantitative estimate of drug-likeness (QED) is 0.628. The number of likely N-dealkylation sites (tertiary alicyclic amines) is 1. The highest BCUT2D eigenvalue weighted by atomic mass is 19.1. The summed E-state index contributed by atoms with van der Waals surface area (Å²) < 4.78 is 13.9. The maximum absolute atomic E-state index is 13.9. The Morgan fingerprint density at radius 2 is 2.15 bits per heavy atom. The summed E-state index contributed by atoms with van der Waals surface area (Å²) in [6, 6.07) is 7.57. The first kappa shape index (κ1) is 18.7. The van der Waals surface area contributed by atoms with Crippen molar-refractivity contribution in [1.82, 2.24) is 15.5 Å². The fourth-order valence-corrected chi connectivity index (χ4v) is 3.95. The summed E-state index contributed by atoms with van der Waals surface area (Å²) in [6.45, 7) is 5.18. The van der Waals surface area contributed by atoms with Gasteiger partial charge in [0.05, 0.1) is 18.2 Å². The summed E-state index contributed by atoms with van der Waals surface area (Å²) in [5, 5.41) is 15.7. The van der Waals surface area contributed by atoms with Crippen LogP contribution in [0.1, 0.15) is 50.2 Å². The molecular formula is C20H28FN5. The fourth-order valence-electron chi connectivity index (χ4n) is 3.95. The molecular weight excluding hydrogens is 329 g/mol. The van der Waals surface area contributed by atoms with Crippen molar-refractivity contribution >= 4 is 5.96 Å². The zero-order valence-corrected chi connectivity index (χ0v) is 15.5.